The number of hydrogen-bond acceptors (Lipinski definition) is 4. The Hall–Kier alpha value is -1.17. The SMILES string of the molecule is CCCCC[C@@](C)(O)C=C[C@@H]1C(CC=CCCCC(=O)O)[C@@H](O)C[C@H]1O. The van der Waals surface area contributed by atoms with Gasteiger partial charge in [0.05, 0.1) is 17.8 Å². The summed E-state index contributed by atoms with van der Waals surface area (Å²) >= 11 is 0. The highest BCUT2D eigenvalue weighted by Gasteiger charge is 2.39. The third-order valence-corrected chi connectivity index (χ3v) is 5.22. The number of aliphatic hydroxyl groups is 3. The molecule has 0 saturated heterocycles. The van der Waals surface area contributed by atoms with Crippen LogP contribution in [0.1, 0.15) is 71.6 Å². The number of unbranched alkanes of at least 4 members (excludes halogenated alkanes) is 3. The van der Waals surface area contributed by atoms with Gasteiger partial charge in [0.1, 0.15) is 0 Å². The maximum Gasteiger partial charge on any atom is 0.303 e. The van der Waals surface area contributed by atoms with Gasteiger partial charge in [-0.1, -0.05) is 50.5 Å². The fourth-order valence-corrected chi connectivity index (χ4v) is 3.58. The van der Waals surface area contributed by atoms with Gasteiger partial charge in [-0.25, -0.2) is 0 Å². The number of aliphatic carboxylic acids is 1. The smallest absolute Gasteiger partial charge is 0.303 e. The Labute approximate surface area is 157 Å². The summed E-state index contributed by atoms with van der Waals surface area (Å²) in [5.74, 6) is -1.04. The number of carbonyl (C=O) groups is 1. The Kier molecular flexibility index (Phi) is 10.1. The number of allylic oxidation sites excluding steroid dienone is 2. The van der Waals surface area contributed by atoms with Gasteiger partial charge in [0.25, 0.3) is 0 Å². The zero-order chi connectivity index (χ0) is 19.6. The van der Waals surface area contributed by atoms with Crippen molar-refractivity contribution in [3.8, 4) is 0 Å². The number of hydrogen-bond donors (Lipinski definition) is 4. The van der Waals surface area contributed by atoms with Crippen LogP contribution < -0.4 is 0 Å². The van der Waals surface area contributed by atoms with E-state index in [0.29, 0.717) is 32.1 Å². The molecular weight excluding hydrogens is 332 g/mol. The maximum atomic E-state index is 10.5. The topological polar surface area (TPSA) is 98.0 Å². The van der Waals surface area contributed by atoms with Gasteiger partial charge in [-0.2, -0.15) is 0 Å². The third-order valence-electron chi connectivity index (χ3n) is 5.22. The second-order valence-corrected chi connectivity index (χ2v) is 7.78. The minimum atomic E-state index is -0.889. The summed E-state index contributed by atoms with van der Waals surface area (Å²) in [5.41, 5.74) is -0.889. The molecule has 0 radical (unpaired) electrons. The van der Waals surface area contributed by atoms with Gasteiger partial charge in [0, 0.05) is 18.8 Å². The van der Waals surface area contributed by atoms with E-state index in [0.717, 1.165) is 19.3 Å². The van der Waals surface area contributed by atoms with Crippen LogP contribution in [0.5, 0.6) is 0 Å². The van der Waals surface area contributed by atoms with E-state index >= 15 is 0 Å². The molecule has 150 valence electrons. The molecule has 0 aromatic carbocycles. The molecule has 1 fully saturated rings. The lowest BCUT2D eigenvalue weighted by Crippen LogP contribution is -2.24. The van der Waals surface area contributed by atoms with Crippen molar-refractivity contribution in [1.82, 2.24) is 0 Å². The van der Waals surface area contributed by atoms with Crippen LogP contribution >= 0.6 is 0 Å². The zero-order valence-electron chi connectivity index (χ0n) is 16.2. The molecule has 0 heterocycles. The first kappa shape index (κ1) is 22.9. The summed E-state index contributed by atoms with van der Waals surface area (Å²) in [4.78, 5) is 10.5. The van der Waals surface area contributed by atoms with Crippen LogP contribution in [0.2, 0.25) is 0 Å². The second kappa shape index (κ2) is 11.5. The van der Waals surface area contributed by atoms with Crippen LogP contribution in [-0.2, 0) is 4.79 Å². The molecule has 1 unspecified atom stereocenters. The van der Waals surface area contributed by atoms with Gasteiger partial charge in [0.15, 0.2) is 0 Å². The van der Waals surface area contributed by atoms with Gasteiger partial charge in [0.2, 0.25) is 0 Å². The highest BCUT2D eigenvalue weighted by molar-refractivity contribution is 5.66. The van der Waals surface area contributed by atoms with Crippen LogP contribution in [0.25, 0.3) is 0 Å². The summed E-state index contributed by atoms with van der Waals surface area (Å²) < 4.78 is 0. The fraction of sp³-hybridized carbons (Fsp3) is 0.762. The fourth-order valence-electron chi connectivity index (χ4n) is 3.58. The van der Waals surface area contributed by atoms with E-state index in [1.54, 1.807) is 13.0 Å². The summed E-state index contributed by atoms with van der Waals surface area (Å²) in [6.45, 7) is 3.91. The largest absolute Gasteiger partial charge is 0.481 e. The zero-order valence-corrected chi connectivity index (χ0v) is 16.2. The predicted octanol–water partition coefficient (Wildman–Crippen LogP) is 3.43. The van der Waals surface area contributed by atoms with Crippen molar-refractivity contribution in [2.45, 2.75) is 89.4 Å². The highest BCUT2D eigenvalue weighted by atomic mass is 16.4. The molecule has 1 saturated carbocycles. The third kappa shape index (κ3) is 8.47. The first-order valence-electron chi connectivity index (χ1n) is 9.91. The molecule has 1 aliphatic carbocycles. The molecule has 0 aliphatic heterocycles. The predicted molar refractivity (Wildman–Crippen MR) is 103 cm³/mol. The van der Waals surface area contributed by atoms with Crippen molar-refractivity contribution in [3.63, 3.8) is 0 Å². The number of aliphatic hydroxyl groups excluding tert-OH is 2. The van der Waals surface area contributed by atoms with Gasteiger partial charge in [-0.05, 0) is 38.5 Å². The first-order valence-corrected chi connectivity index (χ1v) is 9.91. The molecule has 1 aliphatic rings. The van der Waals surface area contributed by atoms with Crippen LogP contribution in [0.4, 0.5) is 0 Å². The molecule has 0 amide bonds. The molecule has 5 atom stereocenters. The monoisotopic (exact) mass is 368 g/mol. The summed E-state index contributed by atoms with van der Waals surface area (Å²) in [6, 6.07) is 0. The molecule has 0 spiro atoms. The van der Waals surface area contributed by atoms with Crippen molar-refractivity contribution >= 4 is 5.97 Å². The summed E-state index contributed by atoms with van der Waals surface area (Å²) in [6.07, 6.45) is 12.7. The second-order valence-electron chi connectivity index (χ2n) is 7.78. The van der Waals surface area contributed by atoms with E-state index in [2.05, 4.69) is 6.92 Å². The normalized spacial score (nSPS) is 28.8. The number of rotatable bonds is 12. The number of carboxylic acids is 1. The molecule has 1 rings (SSSR count). The molecule has 5 nitrogen and oxygen atoms in total. The quantitative estimate of drug-likeness (QED) is 0.312. The van der Waals surface area contributed by atoms with E-state index < -0.39 is 23.8 Å². The molecule has 4 N–H and O–H groups in total. The Morgan fingerprint density at radius 1 is 1.15 bits per heavy atom. The number of carboxylic acid groups (broad SMARTS) is 1. The molecular formula is C21H36O5. The average Bonchev–Trinajstić information content (AvgIpc) is 2.82. The molecule has 0 aromatic heterocycles. The molecule has 0 bridgehead atoms. The van der Waals surface area contributed by atoms with Gasteiger partial charge in [-0.3, -0.25) is 4.79 Å². The van der Waals surface area contributed by atoms with Gasteiger partial charge < -0.3 is 20.4 Å². The Morgan fingerprint density at radius 3 is 2.54 bits per heavy atom. The van der Waals surface area contributed by atoms with Crippen molar-refractivity contribution in [1.29, 1.82) is 0 Å². The Morgan fingerprint density at radius 2 is 1.88 bits per heavy atom. The standard InChI is InChI=1S/C21H36O5/c1-3-4-9-13-21(2,26)14-12-17-16(18(22)15-19(17)23)10-7-5-6-8-11-20(24)25/h5,7,12,14,16-19,22-23,26H,3-4,6,8-11,13,15H2,1-2H3,(H,24,25)/t16?,17-,18+,19-,21-/m1/s1. The Balaban J connectivity index is 2.56. The molecule has 0 aromatic rings. The van der Waals surface area contributed by atoms with Crippen molar-refractivity contribution in [2.24, 2.45) is 11.8 Å². The highest BCUT2D eigenvalue weighted by Crippen LogP contribution is 2.37. The lowest BCUT2D eigenvalue weighted by molar-refractivity contribution is -0.137. The van der Waals surface area contributed by atoms with Gasteiger partial charge in [-0.15, -0.1) is 0 Å². The average molecular weight is 369 g/mol. The van der Waals surface area contributed by atoms with E-state index in [-0.39, 0.29) is 18.3 Å². The first-order chi connectivity index (χ1) is 12.3. The molecule has 5 heteroatoms. The van der Waals surface area contributed by atoms with E-state index in [1.807, 2.05) is 18.2 Å². The van der Waals surface area contributed by atoms with Crippen LogP contribution in [-0.4, -0.2) is 44.2 Å². The van der Waals surface area contributed by atoms with Gasteiger partial charge >= 0.3 is 5.97 Å². The summed E-state index contributed by atoms with van der Waals surface area (Å²) in [7, 11) is 0. The van der Waals surface area contributed by atoms with Crippen molar-refractivity contribution in [3.05, 3.63) is 24.3 Å². The van der Waals surface area contributed by atoms with Crippen LogP contribution in [0.3, 0.4) is 0 Å². The van der Waals surface area contributed by atoms with Crippen LogP contribution in [0, 0.1) is 11.8 Å². The lowest BCUT2D eigenvalue weighted by atomic mass is 9.88. The van der Waals surface area contributed by atoms with E-state index in [4.69, 9.17) is 5.11 Å². The van der Waals surface area contributed by atoms with E-state index in [1.165, 1.54) is 0 Å². The van der Waals surface area contributed by atoms with Crippen LogP contribution in [0.15, 0.2) is 24.3 Å². The van der Waals surface area contributed by atoms with E-state index in [9.17, 15) is 20.1 Å². The molecule has 26 heavy (non-hydrogen) atoms. The lowest BCUT2D eigenvalue weighted by Gasteiger charge is -2.23. The van der Waals surface area contributed by atoms with Crippen molar-refractivity contribution in [2.75, 3.05) is 0 Å². The maximum absolute atomic E-state index is 10.5. The summed E-state index contributed by atoms with van der Waals surface area (Å²) in [5, 5.41) is 39.6. The van der Waals surface area contributed by atoms with Crippen molar-refractivity contribution < 1.29 is 25.2 Å². The minimum absolute atomic E-state index is 0.0802. The Bertz CT molecular complexity index is 469. The minimum Gasteiger partial charge on any atom is -0.481 e.